The first-order chi connectivity index (χ1) is 11.9. The summed E-state index contributed by atoms with van der Waals surface area (Å²) in [6.45, 7) is 3.60. The number of aryl methyl sites for hydroxylation is 2. The quantitative estimate of drug-likeness (QED) is 0.568. The van der Waals surface area contributed by atoms with Gasteiger partial charge in [-0.25, -0.2) is 9.59 Å². The molecule has 0 spiro atoms. The number of nitrogens with two attached hydrogens (primary N) is 1. The summed E-state index contributed by atoms with van der Waals surface area (Å²) in [5.41, 5.74) is 8.40. The summed E-state index contributed by atoms with van der Waals surface area (Å²) in [6.07, 6.45) is 1.49. The standard InChI is InChI=1S/C18H15N3O4/c1-9-5-15(22)25-14-4-10(2)13(6-12(9)14)21-8-11(7-19)16(20)17(21)18(23)24-3/h4-6,8H,20H2,1-3H3. The van der Waals surface area contributed by atoms with Gasteiger partial charge in [0.2, 0.25) is 0 Å². The Hall–Kier alpha value is -3.53. The first-order valence-corrected chi connectivity index (χ1v) is 7.42. The van der Waals surface area contributed by atoms with Crippen molar-refractivity contribution in [2.45, 2.75) is 13.8 Å². The topological polar surface area (TPSA) is 111 Å². The van der Waals surface area contributed by atoms with Crippen LogP contribution in [0.25, 0.3) is 16.7 Å². The molecule has 2 aromatic heterocycles. The number of hydrogen-bond donors (Lipinski definition) is 1. The van der Waals surface area contributed by atoms with Gasteiger partial charge in [-0.15, -0.1) is 0 Å². The summed E-state index contributed by atoms with van der Waals surface area (Å²) < 4.78 is 11.6. The van der Waals surface area contributed by atoms with Gasteiger partial charge in [0.15, 0.2) is 5.69 Å². The Labute approximate surface area is 142 Å². The summed E-state index contributed by atoms with van der Waals surface area (Å²) in [7, 11) is 1.25. The number of nitrogen functional groups attached to an aromatic ring is 1. The molecule has 3 rings (SSSR count). The highest BCUT2D eigenvalue weighted by Crippen LogP contribution is 2.29. The SMILES string of the molecule is COC(=O)c1c(N)c(C#N)cn1-c1cc2c(C)cc(=O)oc2cc1C. The molecule has 25 heavy (non-hydrogen) atoms. The van der Waals surface area contributed by atoms with Crippen LogP contribution >= 0.6 is 0 Å². The summed E-state index contributed by atoms with van der Waals surface area (Å²) in [4.78, 5) is 23.7. The minimum Gasteiger partial charge on any atom is -0.464 e. The molecular weight excluding hydrogens is 322 g/mol. The maximum Gasteiger partial charge on any atom is 0.357 e. The summed E-state index contributed by atoms with van der Waals surface area (Å²) in [6, 6.07) is 6.86. The largest absolute Gasteiger partial charge is 0.464 e. The van der Waals surface area contributed by atoms with Crippen LogP contribution in [0.15, 0.2) is 33.6 Å². The van der Waals surface area contributed by atoms with Gasteiger partial charge in [-0.2, -0.15) is 5.26 Å². The van der Waals surface area contributed by atoms with E-state index < -0.39 is 11.6 Å². The van der Waals surface area contributed by atoms with Crippen molar-refractivity contribution in [2.24, 2.45) is 0 Å². The molecule has 0 aliphatic heterocycles. The van der Waals surface area contributed by atoms with Crippen molar-refractivity contribution in [3.63, 3.8) is 0 Å². The van der Waals surface area contributed by atoms with E-state index in [-0.39, 0.29) is 16.9 Å². The van der Waals surface area contributed by atoms with Crippen molar-refractivity contribution in [1.82, 2.24) is 4.57 Å². The number of carbonyl (C=O) groups is 1. The summed E-state index contributed by atoms with van der Waals surface area (Å²) in [5.74, 6) is -0.644. The molecule has 0 aliphatic carbocycles. The molecule has 126 valence electrons. The van der Waals surface area contributed by atoms with Crippen LogP contribution in [0, 0.1) is 25.2 Å². The number of nitriles is 1. The molecule has 7 nitrogen and oxygen atoms in total. The maximum absolute atomic E-state index is 12.2. The number of fused-ring (bicyclic) bond motifs is 1. The third kappa shape index (κ3) is 2.54. The number of hydrogen-bond acceptors (Lipinski definition) is 6. The average molecular weight is 337 g/mol. The van der Waals surface area contributed by atoms with E-state index in [0.717, 1.165) is 16.5 Å². The lowest BCUT2D eigenvalue weighted by atomic mass is 10.1. The van der Waals surface area contributed by atoms with Crippen molar-refractivity contribution in [1.29, 1.82) is 5.26 Å². The lowest BCUT2D eigenvalue weighted by Gasteiger charge is -2.13. The van der Waals surface area contributed by atoms with Crippen LogP contribution in [0.4, 0.5) is 5.69 Å². The van der Waals surface area contributed by atoms with E-state index in [1.165, 1.54) is 23.9 Å². The van der Waals surface area contributed by atoms with Gasteiger partial charge in [0.25, 0.3) is 0 Å². The molecule has 0 saturated heterocycles. The van der Waals surface area contributed by atoms with Crippen LogP contribution < -0.4 is 11.4 Å². The Balaban J connectivity index is 2.37. The van der Waals surface area contributed by atoms with E-state index in [2.05, 4.69) is 0 Å². The first kappa shape index (κ1) is 16.3. The highest BCUT2D eigenvalue weighted by Gasteiger charge is 2.23. The van der Waals surface area contributed by atoms with Crippen molar-refractivity contribution in [3.05, 3.63) is 57.2 Å². The number of esters is 1. The van der Waals surface area contributed by atoms with Gasteiger partial charge in [-0.05, 0) is 37.1 Å². The molecule has 0 bridgehead atoms. The molecule has 0 fully saturated rings. The number of anilines is 1. The monoisotopic (exact) mass is 337 g/mol. The third-order valence-electron chi connectivity index (χ3n) is 4.07. The molecule has 3 aromatic rings. The second-order valence-electron chi connectivity index (χ2n) is 5.66. The van der Waals surface area contributed by atoms with E-state index in [0.29, 0.717) is 11.3 Å². The van der Waals surface area contributed by atoms with Gasteiger partial charge < -0.3 is 19.5 Å². The molecule has 0 atom stereocenters. The maximum atomic E-state index is 12.2. The van der Waals surface area contributed by atoms with E-state index in [1.54, 1.807) is 26.0 Å². The van der Waals surface area contributed by atoms with Gasteiger partial charge in [0.1, 0.15) is 11.7 Å². The fraction of sp³-hybridized carbons (Fsp3) is 0.167. The van der Waals surface area contributed by atoms with E-state index in [1.807, 2.05) is 6.07 Å². The zero-order chi connectivity index (χ0) is 18.3. The fourth-order valence-electron chi connectivity index (χ4n) is 2.82. The molecule has 2 heterocycles. The number of methoxy groups -OCH3 is 1. The Morgan fingerprint density at radius 3 is 2.64 bits per heavy atom. The zero-order valence-electron chi connectivity index (χ0n) is 13.9. The molecule has 1 aromatic carbocycles. The minimum absolute atomic E-state index is 0.0603. The molecule has 0 saturated carbocycles. The van der Waals surface area contributed by atoms with Gasteiger partial charge >= 0.3 is 11.6 Å². The number of aromatic nitrogens is 1. The lowest BCUT2D eigenvalue weighted by Crippen LogP contribution is -2.12. The second kappa shape index (κ2) is 5.83. The Morgan fingerprint density at radius 1 is 1.28 bits per heavy atom. The highest BCUT2D eigenvalue weighted by molar-refractivity contribution is 5.96. The van der Waals surface area contributed by atoms with Crippen LogP contribution in [-0.4, -0.2) is 17.6 Å². The number of rotatable bonds is 2. The molecule has 7 heteroatoms. The van der Waals surface area contributed by atoms with Crippen molar-refractivity contribution >= 4 is 22.6 Å². The number of nitrogens with zero attached hydrogens (tertiary/aromatic N) is 2. The molecule has 0 radical (unpaired) electrons. The zero-order valence-corrected chi connectivity index (χ0v) is 13.9. The molecule has 0 aliphatic rings. The lowest BCUT2D eigenvalue weighted by molar-refractivity contribution is 0.0593. The number of carbonyl (C=O) groups excluding carboxylic acids is 1. The fourth-order valence-corrected chi connectivity index (χ4v) is 2.82. The summed E-state index contributed by atoms with van der Waals surface area (Å²) in [5, 5.41) is 9.95. The summed E-state index contributed by atoms with van der Waals surface area (Å²) >= 11 is 0. The molecule has 0 amide bonds. The smallest absolute Gasteiger partial charge is 0.357 e. The predicted molar refractivity (Wildman–Crippen MR) is 91.8 cm³/mol. The van der Waals surface area contributed by atoms with Crippen molar-refractivity contribution in [3.8, 4) is 11.8 Å². The van der Waals surface area contributed by atoms with Crippen molar-refractivity contribution < 1.29 is 13.9 Å². The predicted octanol–water partition coefficient (Wildman–Crippen LogP) is 2.44. The minimum atomic E-state index is -0.644. The van der Waals surface area contributed by atoms with Gasteiger partial charge in [-0.3, -0.25) is 0 Å². The van der Waals surface area contributed by atoms with Gasteiger partial charge in [0, 0.05) is 23.3 Å². The number of ether oxygens (including phenoxy) is 1. The molecule has 2 N–H and O–H groups in total. The highest BCUT2D eigenvalue weighted by atomic mass is 16.5. The Kier molecular flexibility index (Phi) is 3.81. The van der Waals surface area contributed by atoms with Crippen LogP contribution in [-0.2, 0) is 4.74 Å². The van der Waals surface area contributed by atoms with Gasteiger partial charge in [-0.1, -0.05) is 0 Å². The Bertz CT molecular complexity index is 1120. The van der Waals surface area contributed by atoms with E-state index in [9.17, 15) is 14.9 Å². The van der Waals surface area contributed by atoms with Crippen LogP contribution in [0.1, 0.15) is 27.2 Å². The normalized spacial score (nSPS) is 10.6. The first-order valence-electron chi connectivity index (χ1n) is 7.42. The average Bonchev–Trinajstić information content (AvgIpc) is 2.89. The molecule has 0 unspecified atom stereocenters. The van der Waals surface area contributed by atoms with Gasteiger partial charge in [0.05, 0.1) is 18.4 Å². The third-order valence-corrected chi connectivity index (χ3v) is 4.07. The van der Waals surface area contributed by atoms with Crippen molar-refractivity contribution in [2.75, 3.05) is 12.8 Å². The Morgan fingerprint density at radius 2 is 2.00 bits per heavy atom. The van der Waals surface area contributed by atoms with Crippen LogP contribution in [0.3, 0.4) is 0 Å². The number of benzene rings is 1. The molecular formula is C18H15N3O4. The van der Waals surface area contributed by atoms with E-state index in [4.69, 9.17) is 14.9 Å². The van der Waals surface area contributed by atoms with Crippen LogP contribution in [0.5, 0.6) is 0 Å². The van der Waals surface area contributed by atoms with Crippen LogP contribution in [0.2, 0.25) is 0 Å². The van der Waals surface area contributed by atoms with E-state index >= 15 is 0 Å². The second-order valence-corrected chi connectivity index (χ2v) is 5.66.